The van der Waals surface area contributed by atoms with Crippen LogP contribution in [-0.4, -0.2) is 5.26 Å². The third-order valence-corrected chi connectivity index (χ3v) is 3.13. The maximum absolute atomic E-state index is 8.92. The summed E-state index contributed by atoms with van der Waals surface area (Å²) in [5.41, 5.74) is 1.09. The van der Waals surface area contributed by atoms with Crippen LogP contribution in [0.25, 0.3) is 10.8 Å². The first-order valence-electron chi connectivity index (χ1n) is 5.61. The normalized spacial score (nSPS) is 12.7. The van der Waals surface area contributed by atoms with Crippen LogP contribution in [0.1, 0.15) is 31.7 Å². The molecule has 2 aromatic carbocycles. The predicted octanol–water partition coefficient (Wildman–Crippen LogP) is 4.21. The van der Waals surface area contributed by atoms with Crippen LogP contribution >= 0.6 is 0 Å². The standard InChI is InChI=1S/C14H16O2/c1-3-10(2)14-12-7-5-4-6-11(12)8-9-13(14)16-15/h4-10,15H,3H2,1-2H3. The maximum atomic E-state index is 8.92. The molecule has 1 unspecified atom stereocenters. The van der Waals surface area contributed by atoms with Crippen LogP contribution in [0.4, 0.5) is 0 Å². The summed E-state index contributed by atoms with van der Waals surface area (Å²) in [5, 5.41) is 11.3. The van der Waals surface area contributed by atoms with Crippen molar-refractivity contribution in [2.75, 3.05) is 0 Å². The summed E-state index contributed by atoms with van der Waals surface area (Å²) in [4.78, 5) is 4.48. The Bertz CT molecular complexity index is 491. The van der Waals surface area contributed by atoms with Gasteiger partial charge < -0.3 is 4.89 Å². The zero-order valence-corrected chi connectivity index (χ0v) is 9.60. The fraction of sp³-hybridized carbons (Fsp3) is 0.286. The lowest BCUT2D eigenvalue weighted by molar-refractivity contribution is -0.138. The number of benzene rings is 2. The maximum Gasteiger partial charge on any atom is 0.169 e. The number of rotatable bonds is 3. The zero-order chi connectivity index (χ0) is 11.5. The van der Waals surface area contributed by atoms with Crippen LogP contribution in [0.5, 0.6) is 5.75 Å². The van der Waals surface area contributed by atoms with Crippen LogP contribution in [0.3, 0.4) is 0 Å². The molecule has 2 nitrogen and oxygen atoms in total. The van der Waals surface area contributed by atoms with Gasteiger partial charge in [0.05, 0.1) is 0 Å². The van der Waals surface area contributed by atoms with E-state index < -0.39 is 0 Å². The molecule has 2 aromatic rings. The first kappa shape index (κ1) is 11.0. The van der Waals surface area contributed by atoms with Gasteiger partial charge in [-0.3, -0.25) is 0 Å². The van der Waals surface area contributed by atoms with Gasteiger partial charge in [-0.05, 0) is 29.2 Å². The van der Waals surface area contributed by atoms with E-state index in [-0.39, 0.29) is 0 Å². The molecular weight excluding hydrogens is 200 g/mol. The second kappa shape index (κ2) is 4.54. The summed E-state index contributed by atoms with van der Waals surface area (Å²) in [6.45, 7) is 4.28. The Morgan fingerprint density at radius 1 is 1.19 bits per heavy atom. The van der Waals surface area contributed by atoms with Gasteiger partial charge in [0, 0.05) is 5.56 Å². The third kappa shape index (κ3) is 1.76. The van der Waals surface area contributed by atoms with Gasteiger partial charge in [-0.15, -0.1) is 0 Å². The van der Waals surface area contributed by atoms with Gasteiger partial charge in [0.2, 0.25) is 0 Å². The molecule has 0 heterocycles. The molecule has 0 aliphatic rings. The highest BCUT2D eigenvalue weighted by atomic mass is 17.1. The van der Waals surface area contributed by atoms with Crippen molar-refractivity contribution in [3.8, 4) is 5.75 Å². The molecule has 0 radical (unpaired) electrons. The van der Waals surface area contributed by atoms with E-state index in [0.717, 1.165) is 17.4 Å². The average Bonchev–Trinajstić information content (AvgIpc) is 2.36. The van der Waals surface area contributed by atoms with Crippen LogP contribution < -0.4 is 4.89 Å². The highest BCUT2D eigenvalue weighted by Crippen LogP contribution is 2.35. The van der Waals surface area contributed by atoms with Crippen LogP contribution in [0.15, 0.2) is 36.4 Å². The monoisotopic (exact) mass is 216 g/mol. The minimum Gasteiger partial charge on any atom is -0.340 e. The number of hydrogen-bond donors (Lipinski definition) is 1. The zero-order valence-electron chi connectivity index (χ0n) is 9.60. The first-order chi connectivity index (χ1) is 7.77. The minimum absolute atomic E-state index is 0.369. The van der Waals surface area contributed by atoms with Crippen molar-refractivity contribution >= 4 is 10.8 Å². The smallest absolute Gasteiger partial charge is 0.169 e. The Morgan fingerprint density at radius 2 is 1.94 bits per heavy atom. The molecule has 0 aliphatic heterocycles. The molecule has 84 valence electrons. The van der Waals surface area contributed by atoms with E-state index in [1.807, 2.05) is 24.3 Å². The molecule has 0 saturated carbocycles. The van der Waals surface area contributed by atoms with E-state index in [1.54, 1.807) is 0 Å². The van der Waals surface area contributed by atoms with E-state index >= 15 is 0 Å². The Hall–Kier alpha value is -1.54. The van der Waals surface area contributed by atoms with Gasteiger partial charge in [0.1, 0.15) is 0 Å². The second-order valence-corrected chi connectivity index (χ2v) is 4.10. The first-order valence-corrected chi connectivity index (χ1v) is 5.61. The summed E-state index contributed by atoms with van der Waals surface area (Å²) in [6.07, 6.45) is 1.02. The van der Waals surface area contributed by atoms with Crippen LogP contribution in [-0.2, 0) is 0 Å². The fourth-order valence-electron chi connectivity index (χ4n) is 2.07. The lowest BCUT2D eigenvalue weighted by Crippen LogP contribution is -1.98. The molecule has 0 aliphatic carbocycles. The Labute approximate surface area is 95.4 Å². The topological polar surface area (TPSA) is 29.5 Å². The second-order valence-electron chi connectivity index (χ2n) is 4.10. The van der Waals surface area contributed by atoms with E-state index in [0.29, 0.717) is 11.7 Å². The molecule has 2 heteroatoms. The van der Waals surface area contributed by atoms with Crippen molar-refractivity contribution in [2.24, 2.45) is 0 Å². The summed E-state index contributed by atoms with van der Waals surface area (Å²) in [7, 11) is 0. The van der Waals surface area contributed by atoms with E-state index in [4.69, 9.17) is 5.26 Å². The number of hydrogen-bond acceptors (Lipinski definition) is 2. The largest absolute Gasteiger partial charge is 0.340 e. The molecule has 0 bridgehead atoms. The quantitative estimate of drug-likeness (QED) is 0.615. The van der Waals surface area contributed by atoms with Crippen LogP contribution in [0.2, 0.25) is 0 Å². The summed E-state index contributed by atoms with van der Waals surface area (Å²) in [6, 6.07) is 12.0. The molecule has 16 heavy (non-hydrogen) atoms. The number of fused-ring (bicyclic) bond motifs is 1. The van der Waals surface area contributed by atoms with Crippen molar-refractivity contribution in [1.82, 2.24) is 0 Å². The summed E-state index contributed by atoms with van der Waals surface area (Å²) >= 11 is 0. The summed E-state index contributed by atoms with van der Waals surface area (Å²) in [5.74, 6) is 0.932. The molecule has 1 atom stereocenters. The van der Waals surface area contributed by atoms with Crippen molar-refractivity contribution < 1.29 is 10.1 Å². The predicted molar refractivity (Wildman–Crippen MR) is 65.9 cm³/mol. The summed E-state index contributed by atoms with van der Waals surface area (Å²) < 4.78 is 0. The average molecular weight is 216 g/mol. The molecule has 0 spiro atoms. The van der Waals surface area contributed by atoms with Gasteiger partial charge in [0.25, 0.3) is 0 Å². The van der Waals surface area contributed by atoms with Crippen molar-refractivity contribution in [2.45, 2.75) is 26.2 Å². The van der Waals surface area contributed by atoms with Gasteiger partial charge in [-0.25, -0.2) is 5.26 Å². The van der Waals surface area contributed by atoms with Crippen molar-refractivity contribution in [3.63, 3.8) is 0 Å². The van der Waals surface area contributed by atoms with Gasteiger partial charge >= 0.3 is 0 Å². The van der Waals surface area contributed by atoms with E-state index in [1.165, 1.54) is 5.39 Å². The molecule has 0 amide bonds. The van der Waals surface area contributed by atoms with Crippen molar-refractivity contribution in [3.05, 3.63) is 42.0 Å². The Morgan fingerprint density at radius 3 is 2.62 bits per heavy atom. The Kier molecular flexibility index (Phi) is 3.11. The lowest BCUT2D eigenvalue weighted by atomic mass is 9.92. The van der Waals surface area contributed by atoms with Gasteiger partial charge in [-0.1, -0.05) is 44.2 Å². The van der Waals surface area contributed by atoms with Crippen molar-refractivity contribution in [1.29, 1.82) is 0 Å². The fourth-order valence-corrected chi connectivity index (χ4v) is 2.07. The van der Waals surface area contributed by atoms with Gasteiger partial charge in [0.15, 0.2) is 5.75 Å². The van der Waals surface area contributed by atoms with E-state index in [9.17, 15) is 0 Å². The van der Waals surface area contributed by atoms with E-state index in [2.05, 4.69) is 30.9 Å². The van der Waals surface area contributed by atoms with Gasteiger partial charge in [-0.2, -0.15) is 0 Å². The highest BCUT2D eigenvalue weighted by molar-refractivity contribution is 5.88. The Balaban J connectivity index is 2.72. The molecule has 0 aromatic heterocycles. The SMILES string of the molecule is CCC(C)c1c(OO)ccc2ccccc12. The molecule has 0 saturated heterocycles. The minimum atomic E-state index is 0.369. The third-order valence-electron chi connectivity index (χ3n) is 3.13. The molecule has 2 rings (SSSR count). The van der Waals surface area contributed by atoms with Crippen LogP contribution in [0, 0.1) is 0 Å². The lowest BCUT2D eigenvalue weighted by Gasteiger charge is -2.15. The highest BCUT2D eigenvalue weighted by Gasteiger charge is 2.14. The molecular formula is C14H16O2. The molecule has 1 N–H and O–H groups in total. The molecule has 0 fully saturated rings.